The van der Waals surface area contributed by atoms with Crippen molar-refractivity contribution in [1.82, 2.24) is 20.2 Å². The van der Waals surface area contributed by atoms with Gasteiger partial charge in [0.25, 0.3) is 0 Å². The van der Waals surface area contributed by atoms with Gasteiger partial charge in [-0.2, -0.15) is 4.80 Å². The third-order valence-corrected chi connectivity index (χ3v) is 2.36. The summed E-state index contributed by atoms with van der Waals surface area (Å²) >= 11 is 0. The van der Waals surface area contributed by atoms with Crippen LogP contribution in [0.15, 0.2) is 24.3 Å². The summed E-state index contributed by atoms with van der Waals surface area (Å²) in [4.78, 5) is 1.61. The van der Waals surface area contributed by atoms with Gasteiger partial charge in [-0.1, -0.05) is 12.1 Å². The highest BCUT2D eigenvalue weighted by atomic mass is 16.5. The average Bonchev–Trinajstić information content (AvgIpc) is 2.77. The maximum atomic E-state index is 5.28. The Labute approximate surface area is 100 Å². The summed E-state index contributed by atoms with van der Waals surface area (Å²) in [6.07, 6.45) is 0. The lowest BCUT2D eigenvalue weighted by molar-refractivity contribution is 0.306. The molecule has 0 spiro atoms. The number of methoxy groups -OCH3 is 1. The van der Waals surface area contributed by atoms with Crippen molar-refractivity contribution in [3.05, 3.63) is 24.3 Å². The van der Waals surface area contributed by atoms with Crippen molar-refractivity contribution in [2.45, 2.75) is 26.3 Å². The van der Waals surface area contributed by atoms with Gasteiger partial charge in [-0.3, -0.25) is 0 Å². The molecule has 0 saturated carbocycles. The Bertz CT molecular complexity index is 513. The van der Waals surface area contributed by atoms with Crippen LogP contribution in [0.4, 0.5) is 0 Å². The first kappa shape index (κ1) is 11.6. The van der Waals surface area contributed by atoms with Crippen LogP contribution in [-0.2, 0) is 5.54 Å². The van der Waals surface area contributed by atoms with E-state index in [1.54, 1.807) is 11.9 Å². The highest BCUT2D eigenvalue weighted by Crippen LogP contribution is 2.26. The van der Waals surface area contributed by atoms with Crippen LogP contribution in [0.25, 0.3) is 11.4 Å². The number of tetrazole rings is 1. The summed E-state index contributed by atoms with van der Waals surface area (Å²) < 4.78 is 5.28. The van der Waals surface area contributed by atoms with Gasteiger partial charge >= 0.3 is 0 Å². The van der Waals surface area contributed by atoms with Crippen LogP contribution in [0.2, 0.25) is 0 Å². The van der Waals surface area contributed by atoms with E-state index in [4.69, 9.17) is 4.74 Å². The van der Waals surface area contributed by atoms with Crippen molar-refractivity contribution in [1.29, 1.82) is 0 Å². The zero-order valence-corrected chi connectivity index (χ0v) is 10.5. The molecular formula is C12H16N4O. The van der Waals surface area contributed by atoms with E-state index in [0.29, 0.717) is 5.82 Å². The van der Waals surface area contributed by atoms with Crippen LogP contribution in [0.3, 0.4) is 0 Å². The molecule has 0 aliphatic rings. The smallest absolute Gasteiger partial charge is 0.208 e. The Morgan fingerprint density at radius 1 is 1.18 bits per heavy atom. The van der Waals surface area contributed by atoms with E-state index in [1.165, 1.54) is 0 Å². The van der Waals surface area contributed by atoms with E-state index < -0.39 is 0 Å². The molecule has 1 aromatic carbocycles. The predicted octanol–water partition coefficient (Wildman–Crippen LogP) is 2.10. The molecule has 1 heterocycles. The van der Waals surface area contributed by atoms with Gasteiger partial charge in [0.15, 0.2) is 0 Å². The van der Waals surface area contributed by atoms with Crippen LogP contribution in [0.5, 0.6) is 5.75 Å². The van der Waals surface area contributed by atoms with Crippen molar-refractivity contribution in [2.24, 2.45) is 0 Å². The topological polar surface area (TPSA) is 52.8 Å². The second kappa shape index (κ2) is 4.16. The van der Waals surface area contributed by atoms with E-state index in [1.807, 2.05) is 45.0 Å². The SMILES string of the molecule is COc1ccccc1-c1nnn(C(C)(C)C)n1. The number of ether oxygens (including phenoxy) is 1. The highest BCUT2D eigenvalue weighted by molar-refractivity contribution is 5.63. The summed E-state index contributed by atoms with van der Waals surface area (Å²) in [7, 11) is 1.63. The minimum absolute atomic E-state index is 0.173. The van der Waals surface area contributed by atoms with Crippen molar-refractivity contribution in [3.63, 3.8) is 0 Å². The molecule has 90 valence electrons. The summed E-state index contributed by atoms with van der Waals surface area (Å²) in [6, 6.07) is 7.64. The molecule has 2 rings (SSSR count). The third-order valence-electron chi connectivity index (χ3n) is 2.36. The Morgan fingerprint density at radius 3 is 2.47 bits per heavy atom. The molecule has 0 aliphatic heterocycles. The number of benzene rings is 1. The quantitative estimate of drug-likeness (QED) is 0.795. The van der Waals surface area contributed by atoms with Crippen LogP contribution < -0.4 is 4.74 Å². The Kier molecular flexibility index (Phi) is 2.83. The molecule has 0 amide bonds. The number of rotatable bonds is 2. The molecule has 17 heavy (non-hydrogen) atoms. The largest absolute Gasteiger partial charge is 0.496 e. The fraction of sp³-hybridized carbons (Fsp3) is 0.417. The van der Waals surface area contributed by atoms with Gasteiger partial charge in [-0.15, -0.1) is 10.2 Å². The lowest BCUT2D eigenvalue weighted by Crippen LogP contribution is -2.24. The first-order valence-electron chi connectivity index (χ1n) is 5.46. The molecule has 5 heteroatoms. The molecular weight excluding hydrogens is 216 g/mol. The second-order valence-electron chi connectivity index (χ2n) is 4.77. The van der Waals surface area contributed by atoms with E-state index in [2.05, 4.69) is 15.4 Å². The molecule has 5 nitrogen and oxygen atoms in total. The lowest BCUT2D eigenvalue weighted by Gasteiger charge is -2.15. The number of para-hydroxylation sites is 1. The third kappa shape index (κ3) is 2.27. The molecule has 2 aromatic rings. The van der Waals surface area contributed by atoms with Crippen molar-refractivity contribution in [2.75, 3.05) is 7.11 Å². The molecule has 0 aliphatic carbocycles. The van der Waals surface area contributed by atoms with E-state index in [-0.39, 0.29) is 5.54 Å². The van der Waals surface area contributed by atoms with E-state index in [0.717, 1.165) is 11.3 Å². The van der Waals surface area contributed by atoms with Gasteiger partial charge in [-0.25, -0.2) is 0 Å². The van der Waals surface area contributed by atoms with Crippen molar-refractivity contribution >= 4 is 0 Å². The summed E-state index contributed by atoms with van der Waals surface area (Å²) in [5, 5.41) is 12.5. The molecule has 0 saturated heterocycles. The van der Waals surface area contributed by atoms with Crippen LogP contribution in [-0.4, -0.2) is 27.3 Å². The van der Waals surface area contributed by atoms with E-state index in [9.17, 15) is 0 Å². The summed E-state index contributed by atoms with van der Waals surface area (Å²) in [5.41, 5.74) is 0.679. The zero-order valence-electron chi connectivity index (χ0n) is 10.5. The summed E-state index contributed by atoms with van der Waals surface area (Å²) in [5.74, 6) is 1.33. The average molecular weight is 232 g/mol. The maximum absolute atomic E-state index is 5.28. The molecule has 1 aromatic heterocycles. The number of hydrogen-bond donors (Lipinski definition) is 0. The van der Waals surface area contributed by atoms with Gasteiger partial charge in [0.2, 0.25) is 5.82 Å². The predicted molar refractivity (Wildman–Crippen MR) is 64.8 cm³/mol. The Balaban J connectivity index is 2.44. The summed E-state index contributed by atoms with van der Waals surface area (Å²) in [6.45, 7) is 6.09. The maximum Gasteiger partial charge on any atom is 0.208 e. The molecule has 0 bridgehead atoms. The highest BCUT2D eigenvalue weighted by Gasteiger charge is 2.18. The minimum Gasteiger partial charge on any atom is -0.496 e. The first-order valence-corrected chi connectivity index (χ1v) is 5.46. The van der Waals surface area contributed by atoms with E-state index >= 15 is 0 Å². The minimum atomic E-state index is -0.173. The zero-order chi connectivity index (χ0) is 12.5. The first-order chi connectivity index (χ1) is 8.02. The van der Waals surface area contributed by atoms with Crippen molar-refractivity contribution in [3.8, 4) is 17.1 Å². The number of hydrogen-bond acceptors (Lipinski definition) is 4. The molecule has 0 atom stereocenters. The molecule has 0 unspecified atom stereocenters. The van der Waals surface area contributed by atoms with Gasteiger partial charge in [-0.05, 0) is 38.1 Å². The van der Waals surface area contributed by atoms with Gasteiger partial charge in [0, 0.05) is 0 Å². The van der Waals surface area contributed by atoms with Crippen LogP contribution >= 0.6 is 0 Å². The Morgan fingerprint density at radius 2 is 1.88 bits per heavy atom. The number of nitrogens with zero attached hydrogens (tertiary/aromatic N) is 4. The van der Waals surface area contributed by atoms with Gasteiger partial charge < -0.3 is 4.74 Å². The molecule has 0 N–H and O–H groups in total. The standard InChI is InChI=1S/C12H16N4O/c1-12(2,3)16-14-11(13-15-16)9-7-5-6-8-10(9)17-4/h5-8H,1-4H3. The number of aromatic nitrogens is 4. The van der Waals surface area contributed by atoms with Gasteiger partial charge in [0.05, 0.1) is 18.2 Å². The second-order valence-corrected chi connectivity index (χ2v) is 4.77. The van der Waals surface area contributed by atoms with Crippen molar-refractivity contribution < 1.29 is 4.74 Å². The van der Waals surface area contributed by atoms with Gasteiger partial charge in [0.1, 0.15) is 5.75 Å². The fourth-order valence-electron chi connectivity index (χ4n) is 1.44. The normalized spacial score (nSPS) is 11.5. The monoisotopic (exact) mass is 232 g/mol. The Hall–Kier alpha value is -1.91. The van der Waals surface area contributed by atoms with Crippen LogP contribution in [0.1, 0.15) is 20.8 Å². The molecule has 0 radical (unpaired) electrons. The lowest BCUT2D eigenvalue weighted by atomic mass is 10.1. The van der Waals surface area contributed by atoms with Crippen LogP contribution in [0, 0.1) is 0 Å². The fourth-order valence-corrected chi connectivity index (χ4v) is 1.44. The molecule has 0 fully saturated rings.